The average Bonchev–Trinajstić information content (AvgIpc) is 3.06. The number of hydrogen-bond donors (Lipinski definition) is 1. The van der Waals surface area contributed by atoms with Crippen molar-refractivity contribution < 1.29 is 4.79 Å². The van der Waals surface area contributed by atoms with E-state index in [0.717, 1.165) is 35.2 Å². The molecule has 1 aromatic heterocycles. The van der Waals surface area contributed by atoms with Gasteiger partial charge in [0.05, 0.1) is 0 Å². The standard InChI is InChI=1S/C14H16N4OS/c1-10-16-14(20-17-10)15-9-11-4-6-12(7-5-11)18-8-2-3-13(18)19/h4-7H,2-3,8-9H2,1H3,(H,15,16,17). The Morgan fingerprint density at radius 3 is 2.75 bits per heavy atom. The van der Waals surface area contributed by atoms with Gasteiger partial charge in [-0.2, -0.15) is 4.37 Å². The van der Waals surface area contributed by atoms with Crippen molar-refractivity contribution in [2.45, 2.75) is 26.3 Å². The molecule has 20 heavy (non-hydrogen) atoms. The van der Waals surface area contributed by atoms with Gasteiger partial charge in [-0.25, -0.2) is 4.98 Å². The van der Waals surface area contributed by atoms with Gasteiger partial charge in [0.25, 0.3) is 0 Å². The smallest absolute Gasteiger partial charge is 0.227 e. The molecule has 1 N–H and O–H groups in total. The summed E-state index contributed by atoms with van der Waals surface area (Å²) in [5.41, 5.74) is 2.15. The number of amides is 1. The number of aromatic nitrogens is 2. The SMILES string of the molecule is Cc1nsc(NCc2ccc(N3CCCC3=O)cc2)n1. The Labute approximate surface area is 121 Å². The molecule has 0 aliphatic carbocycles. The molecular weight excluding hydrogens is 272 g/mol. The maximum absolute atomic E-state index is 11.7. The van der Waals surface area contributed by atoms with Crippen LogP contribution in [0.1, 0.15) is 24.2 Å². The summed E-state index contributed by atoms with van der Waals surface area (Å²) in [6.07, 6.45) is 1.62. The van der Waals surface area contributed by atoms with E-state index in [1.165, 1.54) is 11.5 Å². The van der Waals surface area contributed by atoms with E-state index >= 15 is 0 Å². The number of nitrogens with one attached hydrogen (secondary N) is 1. The Hall–Kier alpha value is -1.95. The van der Waals surface area contributed by atoms with Gasteiger partial charge in [0.2, 0.25) is 11.0 Å². The molecule has 2 aromatic rings. The van der Waals surface area contributed by atoms with E-state index in [4.69, 9.17) is 0 Å². The van der Waals surface area contributed by atoms with Gasteiger partial charge in [-0.05, 0) is 31.0 Å². The van der Waals surface area contributed by atoms with Crippen LogP contribution in [0.4, 0.5) is 10.8 Å². The molecule has 1 aliphatic heterocycles. The van der Waals surface area contributed by atoms with Crippen LogP contribution < -0.4 is 10.2 Å². The average molecular weight is 288 g/mol. The Balaban J connectivity index is 1.62. The molecule has 0 spiro atoms. The molecular formula is C14H16N4OS. The Kier molecular flexibility index (Phi) is 3.64. The highest BCUT2D eigenvalue weighted by Crippen LogP contribution is 2.22. The summed E-state index contributed by atoms with van der Waals surface area (Å²) < 4.78 is 4.13. The van der Waals surface area contributed by atoms with Gasteiger partial charge in [0, 0.05) is 36.7 Å². The van der Waals surface area contributed by atoms with Crippen LogP contribution in [0.3, 0.4) is 0 Å². The van der Waals surface area contributed by atoms with Gasteiger partial charge in [-0.3, -0.25) is 4.79 Å². The number of carbonyl (C=O) groups excluding carboxylic acids is 1. The van der Waals surface area contributed by atoms with Gasteiger partial charge < -0.3 is 10.2 Å². The van der Waals surface area contributed by atoms with Crippen LogP contribution in [0.15, 0.2) is 24.3 Å². The van der Waals surface area contributed by atoms with Crippen molar-refractivity contribution in [3.8, 4) is 0 Å². The molecule has 0 radical (unpaired) electrons. The summed E-state index contributed by atoms with van der Waals surface area (Å²) in [7, 11) is 0. The summed E-state index contributed by atoms with van der Waals surface area (Å²) in [4.78, 5) is 17.8. The van der Waals surface area contributed by atoms with E-state index in [1.807, 2.05) is 36.1 Å². The Morgan fingerprint density at radius 1 is 1.35 bits per heavy atom. The minimum Gasteiger partial charge on any atom is -0.356 e. The van der Waals surface area contributed by atoms with E-state index in [2.05, 4.69) is 14.7 Å². The van der Waals surface area contributed by atoms with E-state index in [9.17, 15) is 4.79 Å². The third-order valence-electron chi connectivity index (χ3n) is 3.29. The third-order valence-corrected chi connectivity index (χ3v) is 4.06. The normalized spacial score (nSPS) is 14.8. The maximum atomic E-state index is 11.7. The van der Waals surface area contributed by atoms with Crippen LogP contribution in [0, 0.1) is 6.92 Å². The van der Waals surface area contributed by atoms with Crippen molar-refractivity contribution >= 4 is 28.3 Å². The van der Waals surface area contributed by atoms with Crippen molar-refractivity contribution in [3.63, 3.8) is 0 Å². The summed E-state index contributed by atoms with van der Waals surface area (Å²) >= 11 is 1.37. The summed E-state index contributed by atoms with van der Waals surface area (Å²) in [5, 5.41) is 4.08. The number of aryl methyl sites for hydroxylation is 1. The Bertz CT molecular complexity index is 608. The van der Waals surface area contributed by atoms with E-state index in [1.54, 1.807) is 0 Å². The molecule has 3 rings (SSSR count). The molecule has 0 atom stereocenters. The lowest BCUT2D eigenvalue weighted by molar-refractivity contribution is -0.117. The largest absolute Gasteiger partial charge is 0.356 e. The second kappa shape index (κ2) is 5.58. The lowest BCUT2D eigenvalue weighted by atomic mass is 10.2. The number of rotatable bonds is 4. The topological polar surface area (TPSA) is 58.1 Å². The highest BCUT2D eigenvalue weighted by molar-refractivity contribution is 7.09. The van der Waals surface area contributed by atoms with Crippen LogP contribution in [0.5, 0.6) is 0 Å². The van der Waals surface area contributed by atoms with Gasteiger partial charge in [-0.1, -0.05) is 12.1 Å². The molecule has 5 nitrogen and oxygen atoms in total. The number of anilines is 2. The quantitative estimate of drug-likeness (QED) is 0.939. The molecule has 2 heterocycles. The van der Waals surface area contributed by atoms with Crippen molar-refractivity contribution in [1.82, 2.24) is 9.36 Å². The van der Waals surface area contributed by atoms with Crippen LogP contribution >= 0.6 is 11.5 Å². The van der Waals surface area contributed by atoms with E-state index in [0.29, 0.717) is 13.0 Å². The third kappa shape index (κ3) is 2.80. The lowest BCUT2D eigenvalue weighted by Crippen LogP contribution is -2.23. The molecule has 1 fully saturated rings. The van der Waals surface area contributed by atoms with Crippen LogP contribution in [-0.2, 0) is 11.3 Å². The summed E-state index contributed by atoms with van der Waals surface area (Å²) in [5.74, 6) is 1.01. The van der Waals surface area contributed by atoms with Crippen LogP contribution in [0.25, 0.3) is 0 Å². The molecule has 1 saturated heterocycles. The zero-order chi connectivity index (χ0) is 13.9. The highest BCUT2D eigenvalue weighted by atomic mass is 32.1. The minimum absolute atomic E-state index is 0.222. The lowest BCUT2D eigenvalue weighted by Gasteiger charge is -2.15. The number of nitrogens with zero attached hydrogens (tertiary/aromatic N) is 3. The molecule has 6 heteroatoms. The van der Waals surface area contributed by atoms with Crippen molar-refractivity contribution in [2.24, 2.45) is 0 Å². The number of benzene rings is 1. The fourth-order valence-electron chi connectivity index (χ4n) is 2.26. The van der Waals surface area contributed by atoms with Crippen molar-refractivity contribution in [2.75, 3.05) is 16.8 Å². The van der Waals surface area contributed by atoms with Crippen LogP contribution in [-0.4, -0.2) is 21.8 Å². The Morgan fingerprint density at radius 2 is 2.15 bits per heavy atom. The predicted molar refractivity (Wildman–Crippen MR) is 80.0 cm³/mol. The van der Waals surface area contributed by atoms with Gasteiger partial charge in [0.15, 0.2) is 0 Å². The second-order valence-electron chi connectivity index (χ2n) is 4.82. The molecule has 0 unspecified atom stereocenters. The van der Waals surface area contributed by atoms with Crippen molar-refractivity contribution in [1.29, 1.82) is 0 Å². The van der Waals surface area contributed by atoms with Crippen molar-refractivity contribution in [3.05, 3.63) is 35.7 Å². The molecule has 0 bridgehead atoms. The first-order chi connectivity index (χ1) is 9.72. The molecule has 1 aromatic carbocycles. The highest BCUT2D eigenvalue weighted by Gasteiger charge is 2.21. The first-order valence-electron chi connectivity index (χ1n) is 6.66. The molecule has 104 valence electrons. The van der Waals surface area contributed by atoms with Gasteiger partial charge in [-0.15, -0.1) is 0 Å². The molecule has 1 amide bonds. The summed E-state index contributed by atoms with van der Waals surface area (Å²) in [6, 6.07) is 8.10. The fourth-order valence-corrected chi connectivity index (χ4v) is 2.83. The first-order valence-corrected chi connectivity index (χ1v) is 7.43. The zero-order valence-corrected chi connectivity index (χ0v) is 12.1. The van der Waals surface area contributed by atoms with E-state index in [-0.39, 0.29) is 5.91 Å². The van der Waals surface area contributed by atoms with E-state index < -0.39 is 0 Å². The number of carbonyl (C=O) groups is 1. The minimum atomic E-state index is 0.222. The van der Waals surface area contributed by atoms with Gasteiger partial charge in [0.1, 0.15) is 5.82 Å². The van der Waals surface area contributed by atoms with Crippen LogP contribution in [0.2, 0.25) is 0 Å². The monoisotopic (exact) mass is 288 g/mol. The maximum Gasteiger partial charge on any atom is 0.227 e. The predicted octanol–water partition coefficient (Wildman–Crippen LogP) is 2.59. The summed E-state index contributed by atoms with van der Waals surface area (Å²) in [6.45, 7) is 3.42. The number of hydrogen-bond acceptors (Lipinski definition) is 5. The molecule has 1 aliphatic rings. The van der Waals surface area contributed by atoms with Gasteiger partial charge >= 0.3 is 0 Å². The first kappa shape index (κ1) is 13.1. The molecule has 0 saturated carbocycles. The fraction of sp³-hybridized carbons (Fsp3) is 0.357. The second-order valence-corrected chi connectivity index (χ2v) is 5.57. The zero-order valence-electron chi connectivity index (χ0n) is 11.3.